The molecule has 0 aliphatic rings. The minimum Gasteiger partial charge on any atom is -0.325 e. The van der Waals surface area contributed by atoms with Crippen LogP contribution in [0, 0.1) is 18.3 Å². The van der Waals surface area contributed by atoms with Gasteiger partial charge in [-0.1, -0.05) is 19.1 Å². The number of nitriles is 1. The summed E-state index contributed by atoms with van der Waals surface area (Å²) in [5.41, 5.74) is 2.40. The molecule has 2 heterocycles. The van der Waals surface area contributed by atoms with Gasteiger partial charge in [0.05, 0.1) is 16.3 Å². The molecule has 0 atom stereocenters. The average molecular weight is 385 g/mol. The summed E-state index contributed by atoms with van der Waals surface area (Å²) in [4.78, 5) is 19.2. The van der Waals surface area contributed by atoms with Gasteiger partial charge in [0.2, 0.25) is 0 Å². The Hall–Kier alpha value is -2.76. The highest BCUT2D eigenvalue weighted by atomic mass is 32.2. The second-order valence-electron chi connectivity index (χ2n) is 5.63. The lowest BCUT2D eigenvalue weighted by molar-refractivity contribution is 0.597. The Morgan fingerprint density at radius 3 is 2.58 bits per heavy atom. The number of aryl methyl sites for hydroxylation is 1. The Bertz CT molecular complexity index is 1170. The summed E-state index contributed by atoms with van der Waals surface area (Å²) in [6.07, 6.45) is 0. The van der Waals surface area contributed by atoms with Gasteiger partial charge in [-0.3, -0.25) is 4.79 Å². The van der Waals surface area contributed by atoms with E-state index in [9.17, 15) is 13.2 Å². The predicted molar refractivity (Wildman–Crippen MR) is 101 cm³/mol. The third kappa shape index (κ3) is 3.31. The molecule has 26 heavy (non-hydrogen) atoms. The van der Waals surface area contributed by atoms with E-state index in [1.54, 1.807) is 38.1 Å². The number of thiazole rings is 1. The molecular weight excluding hydrogens is 370 g/mol. The normalized spacial score (nSPS) is 11.3. The van der Waals surface area contributed by atoms with Gasteiger partial charge in [0.15, 0.2) is 9.84 Å². The molecule has 3 aromatic rings. The van der Waals surface area contributed by atoms with Crippen LogP contribution in [0.3, 0.4) is 0 Å². The summed E-state index contributed by atoms with van der Waals surface area (Å²) < 4.78 is 23.8. The lowest BCUT2D eigenvalue weighted by Crippen LogP contribution is -2.11. The molecule has 0 unspecified atom stereocenters. The van der Waals surface area contributed by atoms with Gasteiger partial charge in [0.1, 0.15) is 16.6 Å². The van der Waals surface area contributed by atoms with Crippen LogP contribution in [0.15, 0.2) is 45.4 Å². The first-order valence-corrected chi connectivity index (χ1v) is 10.3. The SMILES string of the molecule is CCS(=O)(=O)c1ccc(-c2nc(-c3cc(C#N)c(=O)[nH]c3C)cs2)cc1. The summed E-state index contributed by atoms with van der Waals surface area (Å²) in [5, 5.41) is 11.6. The lowest BCUT2D eigenvalue weighted by Gasteiger charge is -2.03. The van der Waals surface area contributed by atoms with Gasteiger partial charge in [-0.25, -0.2) is 13.4 Å². The van der Waals surface area contributed by atoms with Crippen molar-refractivity contribution in [3.8, 4) is 27.9 Å². The largest absolute Gasteiger partial charge is 0.325 e. The monoisotopic (exact) mass is 385 g/mol. The van der Waals surface area contributed by atoms with Crippen LogP contribution in [0.25, 0.3) is 21.8 Å². The lowest BCUT2D eigenvalue weighted by atomic mass is 10.1. The fraction of sp³-hybridized carbons (Fsp3) is 0.167. The minimum atomic E-state index is -3.23. The Labute approximate surface area is 154 Å². The molecule has 0 spiro atoms. The van der Waals surface area contributed by atoms with E-state index in [0.29, 0.717) is 17.0 Å². The number of aromatic nitrogens is 2. The number of aromatic amines is 1. The Balaban J connectivity index is 1.99. The molecular formula is C18H15N3O3S2. The maximum absolute atomic E-state index is 11.9. The molecule has 0 radical (unpaired) electrons. The number of hydrogen-bond donors (Lipinski definition) is 1. The van der Waals surface area contributed by atoms with Crippen LogP contribution in [-0.2, 0) is 9.84 Å². The first-order valence-electron chi connectivity index (χ1n) is 7.79. The van der Waals surface area contributed by atoms with Gasteiger partial charge in [-0.05, 0) is 25.1 Å². The van der Waals surface area contributed by atoms with Gasteiger partial charge < -0.3 is 4.98 Å². The number of pyridine rings is 1. The number of benzene rings is 1. The smallest absolute Gasteiger partial charge is 0.266 e. The van der Waals surface area contributed by atoms with Crippen LogP contribution in [0.4, 0.5) is 0 Å². The van der Waals surface area contributed by atoms with Crippen molar-refractivity contribution in [3.05, 3.63) is 57.3 Å². The van der Waals surface area contributed by atoms with Crippen molar-refractivity contribution in [1.29, 1.82) is 5.26 Å². The van der Waals surface area contributed by atoms with E-state index >= 15 is 0 Å². The van der Waals surface area contributed by atoms with Crippen molar-refractivity contribution in [1.82, 2.24) is 9.97 Å². The van der Waals surface area contributed by atoms with E-state index in [2.05, 4.69) is 9.97 Å². The molecule has 0 fully saturated rings. The fourth-order valence-corrected chi connectivity index (χ4v) is 4.18. The summed E-state index contributed by atoms with van der Waals surface area (Å²) in [6.45, 7) is 3.36. The molecule has 6 nitrogen and oxygen atoms in total. The van der Waals surface area contributed by atoms with Gasteiger partial charge in [0, 0.05) is 22.2 Å². The summed E-state index contributed by atoms with van der Waals surface area (Å²) in [5.74, 6) is 0.0560. The van der Waals surface area contributed by atoms with Crippen molar-refractivity contribution in [2.45, 2.75) is 18.7 Å². The molecule has 0 bridgehead atoms. The average Bonchev–Trinajstić information content (AvgIpc) is 3.12. The first kappa shape index (κ1) is 18.0. The molecule has 0 aliphatic carbocycles. The van der Waals surface area contributed by atoms with E-state index in [1.807, 2.05) is 11.4 Å². The van der Waals surface area contributed by atoms with Crippen LogP contribution >= 0.6 is 11.3 Å². The zero-order valence-electron chi connectivity index (χ0n) is 14.1. The second kappa shape index (κ2) is 6.86. The Morgan fingerprint density at radius 1 is 1.27 bits per heavy atom. The molecule has 2 aromatic heterocycles. The molecule has 0 aliphatic heterocycles. The van der Waals surface area contributed by atoms with E-state index < -0.39 is 15.4 Å². The van der Waals surface area contributed by atoms with Gasteiger partial charge in [-0.2, -0.15) is 5.26 Å². The van der Waals surface area contributed by atoms with Crippen LogP contribution in [0.2, 0.25) is 0 Å². The van der Waals surface area contributed by atoms with Crippen molar-refractivity contribution in [2.24, 2.45) is 0 Å². The highest BCUT2D eigenvalue weighted by Crippen LogP contribution is 2.30. The molecule has 0 saturated carbocycles. The summed E-state index contributed by atoms with van der Waals surface area (Å²) in [7, 11) is -3.23. The summed E-state index contributed by atoms with van der Waals surface area (Å²) >= 11 is 1.41. The Morgan fingerprint density at radius 2 is 1.96 bits per heavy atom. The molecule has 0 amide bonds. The van der Waals surface area contributed by atoms with E-state index in [-0.39, 0.29) is 16.2 Å². The fourth-order valence-electron chi connectivity index (χ4n) is 2.47. The number of hydrogen-bond acceptors (Lipinski definition) is 6. The topological polar surface area (TPSA) is 104 Å². The van der Waals surface area contributed by atoms with Crippen molar-refractivity contribution in [2.75, 3.05) is 5.75 Å². The third-order valence-corrected chi connectivity index (χ3v) is 6.62. The minimum absolute atomic E-state index is 0.0364. The van der Waals surface area contributed by atoms with Crippen molar-refractivity contribution >= 4 is 21.2 Å². The van der Waals surface area contributed by atoms with Crippen LogP contribution < -0.4 is 5.56 Å². The zero-order chi connectivity index (χ0) is 18.9. The van der Waals surface area contributed by atoms with Crippen LogP contribution in [-0.4, -0.2) is 24.1 Å². The number of nitrogens with zero attached hydrogens (tertiary/aromatic N) is 2. The molecule has 3 rings (SSSR count). The number of rotatable bonds is 4. The van der Waals surface area contributed by atoms with Gasteiger partial charge >= 0.3 is 0 Å². The standard InChI is InChI=1S/C18H15N3O3S2/c1-3-26(23,24)14-6-4-12(5-7-14)18-21-16(10-25-18)15-8-13(9-19)17(22)20-11(15)2/h4-8,10H,3H2,1-2H3,(H,20,22). The van der Waals surface area contributed by atoms with E-state index in [0.717, 1.165) is 10.6 Å². The number of H-pyrrole nitrogens is 1. The van der Waals surface area contributed by atoms with Gasteiger partial charge in [-0.15, -0.1) is 11.3 Å². The highest BCUT2D eigenvalue weighted by Gasteiger charge is 2.14. The maximum atomic E-state index is 11.9. The van der Waals surface area contributed by atoms with Crippen molar-refractivity contribution < 1.29 is 8.42 Å². The van der Waals surface area contributed by atoms with Crippen molar-refractivity contribution in [3.63, 3.8) is 0 Å². The number of nitrogens with one attached hydrogen (secondary N) is 1. The quantitative estimate of drug-likeness (QED) is 0.743. The molecule has 0 saturated heterocycles. The number of sulfone groups is 1. The predicted octanol–water partition coefficient (Wildman–Crippen LogP) is 3.14. The molecule has 8 heteroatoms. The van der Waals surface area contributed by atoms with Crippen LogP contribution in [0.5, 0.6) is 0 Å². The molecule has 132 valence electrons. The zero-order valence-corrected chi connectivity index (χ0v) is 15.7. The third-order valence-electron chi connectivity index (χ3n) is 3.98. The summed E-state index contributed by atoms with van der Waals surface area (Å²) in [6, 6.07) is 10.0. The van der Waals surface area contributed by atoms with E-state index in [4.69, 9.17) is 5.26 Å². The molecule has 1 aromatic carbocycles. The van der Waals surface area contributed by atoms with E-state index in [1.165, 1.54) is 17.4 Å². The van der Waals surface area contributed by atoms with Crippen LogP contribution in [0.1, 0.15) is 18.2 Å². The van der Waals surface area contributed by atoms with Gasteiger partial charge in [0.25, 0.3) is 5.56 Å². The second-order valence-corrected chi connectivity index (χ2v) is 8.76. The Kier molecular flexibility index (Phi) is 4.76. The highest BCUT2D eigenvalue weighted by molar-refractivity contribution is 7.91. The molecule has 1 N–H and O–H groups in total. The first-order chi connectivity index (χ1) is 12.4. The maximum Gasteiger partial charge on any atom is 0.266 e.